The van der Waals surface area contributed by atoms with E-state index < -0.39 is 17.3 Å². The minimum atomic E-state index is -0.514. The van der Waals surface area contributed by atoms with E-state index >= 15 is 0 Å². The largest absolute Gasteiger partial charge is 0.332 e. The first-order valence-corrected chi connectivity index (χ1v) is 9.15. The number of piperidine rings is 1. The Kier molecular flexibility index (Phi) is 4.88. The Balaban J connectivity index is 2.25. The Labute approximate surface area is 152 Å². The molecule has 0 spiro atoms. The Bertz CT molecular complexity index is 968. The van der Waals surface area contributed by atoms with E-state index in [-0.39, 0.29) is 5.78 Å². The molecule has 26 heavy (non-hydrogen) atoms. The first kappa shape index (κ1) is 18.6. The van der Waals surface area contributed by atoms with Crippen molar-refractivity contribution in [3.63, 3.8) is 0 Å². The molecule has 0 aliphatic carbocycles. The van der Waals surface area contributed by atoms with Gasteiger partial charge in [0.1, 0.15) is 5.82 Å². The van der Waals surface area contributed by atoms with Crippen molar-refractivity contribution in [2.75, 3.05) is 6.54 Å². The van der Waals surface area contributed by atoms with Gasteiger partial charge in [0.25, 0.3) is 5.56 Å². The Hall–Kier alpha value is -2.22. The monoisotopic (exact) mass is 361 g/mol. The zero-order valence-electron chi connectivity index (χ0n) is 16.2. The number of rotatable bonds is 4. The molecule has 0 N–H and O–H groups in total. The van der Waals surface area contributed by atoms with Crippen molar-refractivity contribution in [1.82, 2.24) is 23.6 Å². The van der Waals surface area contributed by atoms with Crippen LogP contribution >= 0.6 is 0 Å². The molecular weight excluding hydrogens is 334 g/mol. The van der Waals surface area contributed by atoms with Gasteiger partial charge in [-0.15, -0.1) is 0 Å². The molecule has 1 aliphatic heterocycles. The third-order valence-electron chi connectivity index (χ3n) is 5.63. The van der Waals surface area contributed by atoms with E-state index in [4.69, 9.17) is 0 Å². The normalized spacial score (nSPS) is 19.8. The molecule has 1 fully saturated rings. The molecule has 1 saturated heterocycles. The highest BCUT2D eigenvalue weighted by Crippen LogP contribution is 2.23. The number of ketones is 1. The van der Waals surface area contributed by atoms with E-state index in [9.17, 15) is 14.4 Å². The minimum absolute atomic E-state index is 0.0480. The average molecular weight is 361 g/mol. The van der Waals surface area contributed by atoms with Crippen molar-refractivity contribution in [3.05, 3.63) is 26.7 Å². The fraction of sp³-hybridized carbons (Fsp3) is 0.667. The van der Waals surface area contributed by atoms with Crippen molar-refractivity contribution >= 4 is 16.9 Å². The minimum Gasteiger partial charge on any atom is -0.311 e. The van der Waals surface area contributed by atoms with E-state index in [0.29, 0.717) is 29.6 Å². The van der Waals surface area contributed by atoms with Gasteiger partial charge in [0, 0.05) is 20.1 Å². The molecule has 2 aromatic rings. The van der Waals surface area contributed by atoms with E-state index in [1.165, 1.54) is 25.0 Å². The Morgan fingerprint density at radius 3 is 2.54 bits per heavy atom. The number of aryl methyl sites for hydroxylation is 1. The number of carbonyl (C=O) groups excluding carboxylic acids is 1. The molecule has 142 valence electrons. The summed E-state index contributed by atoms with van der Waals surface area (Å²) < 4.78 is 4.17. The van der Waals surface area contributed by atoms with Gasteiger partial charge in [-0.05, 0) is 40.2 Å². The summed E-state index contributed by atoms with van der Waals surface area (Å²) in [6.07, 6.45) is 3.47. The predicted octanol–water partition coefficient (Wildman–Crippen LogP) is 0.958. The molecule has 0 radical (unpaired) electrons. The summed E-state index contributed by atoms with van der Waals surface area (Å²) in [7, 11) is 3.06. The standard InChI is InChI=1S/C18H27N5O3/c1-11-8-6-7-9-22(11)10-14-19-16-15(23(14)12(2)13(3)24)17(25)21(5)18(26)20(16)4/h11-12H,6-10H2,1-5H3/t11-,12+/m1/s1. The quantitative estimate of drug-likeness (QED) is 0.810. The molecule has 2 aromatic heterocycles. The van der Waals surface area contributed by atoms with Crippen LogP contribution in [0.1, 0.15) is 51.9 Å². The van der Waals surface area contributed by atoms with E-state index in [0.717, 1.165) is 24.0 Å². The predicted molar refractivity (Wildman–Crippen MR) is 99.3 cm³/mol. The van der Waals surface area contributed by atoms with Crippen LogP contribution in [0.2, 0.25) is 0 Å². The number of fused-ring (bicyclic) bond motifs is 1. The van der Waals surface area contributed by atoms with Crippen LogP contribution in [0.4, 0.5) is 0 Å². The molecular formula is C18H27N5O3. The molecule has 0 unspecified atom stereocenters. The smallest absolute Gasteiger partial charge is 0.311 e. The molecule has 0 saturated carbocycles. The fourth-order valence-corrected chi connectivity index (χ4v) is 3.74. The molecule has 8 nitrogen and oxygen atoms in total. The first-order valence-electron chi connectivity index (χ1n) is 9.15. The molecule has 2 atom stereocenters. The summed E-state index contributed by atoms with van der Waals surface area (Å²) in [6.45, 7) is 7.00. The number of nitrogens with zero attached hydrogens (tertiary/aromatic N) is 5. The van der Waals surface area contributed by atoms with E-state index in [2.05, 4.69) is 16.8 Å². The second-order valence-corrected chi connectivity index (χ2v) is 7.38. The Morgan fingerprint density at radius 2 is 1.92 bits per heavy atom. The van der Waals surface area contributed by atoms with Crippen LogP contribution in [-0.4, -0.2) is 42.0 Å². The van der Waals surface area contributed by atoms with Crippen molar-refractivity contribution in [2.45, 2.75) is 58.7 Å². The van der Waals surface area contributed by atoms with Crippen LogP contribution in [0.15, 0.2) is 9.59 Å². The van der Waals surface area contributed by atoms with Crippen LogP contribution in [0, 0.1) is 0 Å². The topological polar surface area (TPSA) is 82.1 Å². The van der Waals surface area contributed by atoms with Crippen LogP contribution in [0.25, 0.3) is 11.2 Å². The number of hydrogen-bond acceptors (Lipinski definition) is 5. The summed E-state index contributed by atoms with van der Waals surface area (Å²) in [5, 5.41) is 0. The van der Waals surface area contributed by atoms with Gasteiger partial charge in [0.15, 0.2) is 16.9 Å². The Morgan fingerprint density at radius 1 is 1.23 bits per heavy atom. The summed E-state index contributed by atoms with van der Waals surface area (Å²) in [6, 6.07) is -0.0865. The SMILES string of the molecule is CC(=O)[C@H](C)n1c(CN2CCCC[C@H]2C)nc2c1c(=O)n(C)c(=O)n2C. The maximum atomic E-state index is 12.8. The van der Waals surface area contributed by atoms with Crippen molar-refractivity contribution in [2.24, 2.45) is 14.1 Å². The molecule has 0 bridgehead atoms. The molecule has 0 amide bonds. The van der Waals surface area contributed by atoms with Gasteiger partial charge in [-0.3, -0.25) is 23.6 Å². The van der Waals surface area contributed by atoms with Gasteiger partial charge in [-0.2, -0.15) is 0 Å². The van der Waals surface area contributed by atoms with E-state index in [1.807, 2.05) is 0 Å². The average Bonchev–Trinajstić information content (AvgIpc) is 2.98. The third kappa shape index (κ3) is 2.92. The summed E-state index contributed by atoms with van der Waals surface area (Å²) in [5.41, 5.74) is -0.176. The molecule has 1 aliphatic rings. The number of likely N-dealkylation sites (tertiary alicyclic amines) is 1. The zero-order valence-corrected chi connectivity index (χ0v) is 16.2. The number of hydrogen-bond donors (Lipinski definition) is 0. The number of Topliss-reactive ketones (excluding diaryl/α,β-unsaturated/α-hetero) is 1. The van der Waals surface area contributed by atoms with Gasteiger partial charge in [0.05, 0.1) is 12.6 Å². The van der Waals surface area contributed by atoms with Gasteiger partial charge in [0.2, 0.25) is 0 Å². The van der Waals surface area contributed by atoms with Crippen LogP contribution in [0.5, 0.6) is 0 Å². The van der Waals surface area contributed by atoms with Crippen LogP contribution in [0.3, 0.4) is 0 Å². The second-order valence-electron chi connectivity index (χ2n) is 7.38. The molecule has 0 aromatic carbocycles. The third-order valence-corrected chi connectivity index (χ3v) is 5.63. The second kappa shape index (κ2) is 6.83. The maximum Gasteiger partial charge on any atom is 0.332 e. The van der Waals surface area contributed by atoms with Gasteiger partial charge in [-0.1, -0.05) is 6.42 Å². The zero-order chi connectivity index (χ0) is 19.2. The van der Waals surface area contributed by atoms with Crippen molar-refractivity contribution in [1.29, 1.82) is 0 Å². The first-order chi connectivity index (χ1) is 12.2. The molecule has 8 heteroatoms. The highest BCUT2D eigenvalue weighted by atomic mass is 16.2. The van der Waals surface area contributed by atoms with Crippen molar-refractivity contribution < 1.29 is 4.79 Å². The van der Waals surface area contributed by atoms with Gasteiger partial charge in [-0.25, -0.2) is 9.78 Å². The maximum absolute atomic E-state index is 12.8. The highest BCUT2D eigenvalue weighted by Gasteiger charge is 2.27. The van der Waals surface area contributed by atoms with Crippen LogP contribution in [-0.2, 0) is 25.4 Å². The lowest BCUT2D eigenvalue weighted by atomic mass is 10.0. The number of aromatic nitrogens is 4. The van der Waals surface area contributed by atoms with Gasteiger partial charge >= 0.3 is 5.69 Å². The summed E-state index contributed by atoms with van der Waals surface area (Å²) >= 11 is 0. The van der Waals surface area contributed by atoms with Crippen LogP contribution < -0.4 is 11.2 Å². The number of carbonyl (C=O) groups is 1. The lowest BCUT2D eigenvalue weighted by Crippen LogP contribution is -2.38. The summed E-state index contributed by atoms with van der Waals surface area (Å²) in [4.78, 5) is 44.1. The van der Waals surface area contributed by atoms with Crippen molar-refractivity contribution in [3.8, 4) is 0 Å². The number of imidazole rings is 1. The molecule has 3 rings (SSSR count). The molecule has 3 heterocycles. The summed E-state index contributed by atoms with van der Waals surface area (Å²) in [5.74, 6) is 0.614. The highest BCUT2D eigenvalue weighted by molar-refractivity contribution is 5.82. The fourth-order valence-electron chi connectivity index (χ4n) is 3.74. The van der Waals surface area contributed by atoms with E-state index in [1.54, 1.807) is 18.5 Å². The lowest BCUT2D eigenvalue weighted by Gasteiger charge is -2.33. The van der Waals surface area contributed by atoms with Gasteiger partial charge < -0.3 is 4.57 Å². The lowest BCUT2D eigenvalue weighted by molar-refractivity contribution is -0.119.